The summed E-state index contributed by atoms with van der Waals surface area (Å²) in [5, 5.41) is 0. The zero-order valence-corrected chi connectivity index (χ0v) is 17.5. The molecule has 0 fully saturated rings. The summed E-state index contributed by atoms with van der Waals surface area (Å²) < 4.78 is 6.77. The lowest BCUT2D eigenvalue weighted by Crippen LogP contribution is -2.00. The number of nitrogens with zero attached hydrogens (tertiary/aromatic N) is 2. The number of halogens is 1. The van der Waals surface area contributed by atoms with E-state index in [4.69, 9.17) is 4.74 Å². The third-order valence-corrected chi connectivity index (χ3v) is 5.04. The monoisotopic (exact) mass is 418 g/mol. The van der Waals surface area contributed by atoms with E-state index in [9.17, 15) is 0 Å². The van der Waals surface area contributed by atoms with Crippen LogP contribution in [0.2, 0.25) is 0 Å². The predicted molar refractivity (Wildman–Crippen MR) is 113 cm³/mol. The molecule has 0 atom stereocenters. The maximum atomic E-state index is 5.71. The molecule has 1 heterocycles. The second-order valence-electron chi connectivity index (χ2n) is 6.78. The molecule has 0 spiro atoms. The van der Waals surface area contributed by atoms with Crippen LogP contribution < -0.4 is 4.74 Å². The molecule has 2 rings (SSSR count). The van der Waals surface area contributed by atoms with Crippen molar-refractivity contribution in [1.29, 1.82) is 0 Å². The van der Waals surface area contributed by atoms with Gasteiger partial charge in [-0.25, -0.2) is 9.97 Å². The SMILES string of the molecule is CCCCCCCCCCCCOc1cnc(-c2ccc(Br)cc2)cn1. The molecule has 0 bridgehead atoms. The lowest BCUT2D eigenvalue weighted by molar-refractivity contribution is 0.292. The topological polar surface area (TPSA) is 35.0 Å². The van der Waals surface area contributed by atoms with Crippen molar-refractivity contribution in [3.8, 4) is 17.1 Å². The molecule has 4 heteroatoms. The zero-order valence-electron chi connectivity index (χ0n) is 15.9. The molecule has 142 valence electrons. The van der Waals surface area contributed by atoms with Crippen molar-refractivity contribution in [3.05, 3.63) is 41.1 Å². The second kappa shape index (κ2) is 12.9. The van der Waals surface area contributed by atoms with Crippen LogP contribution in [0.5, 0.6) is 5.88 Å². The summed E-state index contributed by atoms with van der Waals surface area (Å²) in [6, 6.07) is 8.07. The number of aromatic nitrogens is 2. The number of ether oxygens (including phenoxy) is 1. The highest BCUT2D eigenvalue weighted by Crippen LogP contribution is 2.20. The van der Waals surface area contributed by atoms with Gasteiger partial charge in [-0.15, -0.1) is 0 Å². The molecule has 0 saturated carbocycles. The summed E-state index contributed by atoms with van der Waals surface area (Å²) in [5.41, 5.74) is 1.92. The molecule has 0 unspecified atom stereocenters. The van der Waals surface area contributed by atoms with Gasteiger partial charge in [0.15, 0.2) is 0 Å². The molecular weight excluding hydrogens is 388 g/mol. The highest BCUT2D eigenvalue weighted by Gasteiger charge is 2.02. The Balaban J connectivity index is 1.54. The Morgan fingerprint density at radius 1 is 0.769 bits per heavy atom. The van der Waals surface area contributed by atoms with Crippen LogP contribution in [0.25, 0.3) is 11.3 Å². The van der Waals surface area contributed by atoms with Gasteiger partial charge in [0, 0.05) is 10.0 Å². The molecule has 0 N–H and O–H groups in total. The third kappa shape index (κ3) is 8.31. The number of benzene rings is 1. The predicted octanol–water partition coefficient (Wildman–Crippen LogP) is 7.21. The lowest BCUT2D eigenvalue weighted by atomic mass is 10.1. The van der Waals surface area contributed by atoms with Crippen LogP contribution in [0.15, 0.2) is 41.1 Å². The number of hydrogen-bond acceptors (Lipinski definition) is 3. The normalized spacial score (nSPS) is 10.8. The van der Waals surface area contributed by atoms with Crippen molar-refractivity contribution in [1.82, 2.24) is 9.97 Å². The minimum atomic E-state index is 0.613. The Kier molecular flexibility index (Phi) is 10.3. The van der Waals surface area contributed by atoms with Gasteiger partial charge >= 0.3 is 0 Å². The maximum Gasteiger partial charge on any atom is 0.232 e. The summed E-state index contributed by atoms with van der Waals surface area (Å²) >= 11 is 3.44. The minimum absolute atomic E-state index is 0.613. The van der Waals surface area contributed by atoms with Crippen LogP contribution in [-0.4, -0.2) is 16.6 Å². The first kappa shape index (κ1) is 20.9. The van der Waals surface area contributed by atoms with Gasteiger partial charge in [-0.2, -0.15) is 0 Å². The molecule has 0 radical (unpaired) electrons. The van der Waals surface area contributed by atoms with E-state index in [0.29, 0.717) is 5.88 Å². The fourth-order valence-electron chi connectivity index (χ4n) is 2.93. The van der Waals surface area contributed by atoms with E-state index >= 15 is 0 Å². The lowest BCUT2D eigenvalue weighted by Gasteiger charge is -2.06. The van der Waals surface area contributed by atoms with Gasteiger partial charge in [-0.1, -0.05) is 92.8 Å². The highest BCUT2D eigenvalue weighted by atomic mass is 79.9. The Morgan fingerprint density at radius 3 is 1.96 bits per heavy atom. The van der Waals surface area contributed by atoms with E-state index in [0.717, 1.165) is 28.8 Å². The fourth-order valence-corrected chi connectivity index (χ4v) is 3.19. The van der Waals surface area contributed by atoms with E-state index in [-0.39, 0.29) is 0 Å². The standard InChI is InChI=1S/C22H31BrN2O/c1-2-3-4-5-6-7-8-9-10-11-16-26-22-18-24-21(17-25-22)19-12-14-20(23)15-13-19/h12-15,17-18H,2-11,16H2,1H3. The Labute approximate surface area is 166 Å². The van der Waals surface area contributed by atoms with Crippen molar-refractivity contribution in [2.75, 3.05) is 6.61 Å². The summed E-state index contributed by atoms with van der Waals surface area (Å²) in [4.78, 5) is 8.81. The molecule has 26 heavy (non-hydrogen) atoms. The largest absolute Gasteiger partial charge is 0.477 e. The van der Waals surface area contributed by atoms with Crippen molar-refractivity contribution >= 4 is 15.9 Å². The van der Waals surface area contributed by atoms with Crippen molar-refractivity contribution in [2.45, 2.75) is 71.1 Å². The van der Waals surface area contributed by atoms with Crippen molar-refractivity contribution < 1.29 is 4.74 Å². The van der Waals surface area contributed by atoms with Crippen molar-refractivity contribution in [3.63, 3.8) is 0 Å². The molecule has 0 aliphatic carbocycles. The van der Waals surface area contributed by atoms with Gasteiger partial charge in [-0.05, 0) is 18.6 Å². The number of unbranched alkanes of at least 4 members (excludes halogenated alkanes) is 9. The molecule has 2 aromatic rings. The second-order valence-corrected chi connectivity index (χ2v) is 7.69. The molecule has 0 saturated heterocycles. The number of rotatable bonds is 13. The van der Waals surface area contributed by atoms with Crippen molar-refractivity contribution in [2.24, 2.45) is 0 Å². The molecule has 1 aromatic carbocycles. The summed E-state index contributed by atoms with van der Waals surface area (Å²) in [6.45, 7) is 2.99. The zero-order chi connectivity index (χ0) is 18.5. The highest BCUT2D eigenvalue weighted by molar-refractivity contribution is 9.10. The summed E-state index contributed by atoms with van der Waals surface area (Å²) in [6.07, 6.45) is 16.8. The number of hydrogen-bond donors (Lipinski definition) is 0. The average molecular weight is 419 g/mol. The van der Waals surface area contributed by atoms with Crippen LogP contribution in [0.1, 0.15) is 71.1 Å². The Hall–Kier alpha value is -1.42. The maximum absolute atomic E-state index is 5.71. The molecule has 1 aromatic heterocycles. The molecule has 0 aliphatic heterocycles. The van der Waals surface area contributed by atoms with E-state index < -0.39 is 0 Å². The van der Waals surface area contributed by atoms with E-state index in [1.165, 1.54) is 57.8 Å². The van der Waals surface area contributed by atoms with Gasteiger partial charge in [0.05, 0.1) is 24.7 Å². The van der Waals surface area contributed by atoms with Crippen LogP contribution in [0.4, 0.5) is 0 Å². The van der Waals surface area contributed by atoms with Crippen LogP contribution in [-0.2, 0) is 0 Å². The molecule has 0 amide bonds. The smallest absolute Gasteiger partial charge is 0.232 e. The first-order valence-electron chi connectivity index (χ1n) is 10.0. The van der Waals surface area contributed by atoms with Crippen LogP contribution in [0.3, 0.4) is 0 Å². The van der Waals surface area contributed by atoms with E-state index in [1.807, 2.05) is 24.3 Å². The minimum Gasteiger partial charge on any atom is -0.477 e. The molecular formula is C22H31BrN2O. The van der Waals surface area contributed by atoms with Crippen LogP contribution >= 0.6 is 15.9 Å². The van der Waals surface area contributed by atoms with Gasteiger partial charge in [0.25, 0.3) is 0 Å². The quantitative estimate of drug-likeness (QED) is 0.322. The van der Waals surface area contributed by atoms with E-state index in [1.54, 1.807) is 12.4 Å². The summed E-state index contributed by atoms with van der Waals surface area (Å²) in [7, 11) is 0. The molecule has 0 aliphatic rings. The van der Waals surface area contributed by atoms with Gasteiger partial charge in [0.2, 0.25) is 5.88 Å². The summed E-state index contributed by atoms with van der Waals surface area (Å²) in [5.74, 6) is 0.613. The first-order chi connectivity index (χ1) is 12.8. The molecule has 3 nitrogen and oxygen atoms in total. The third-order valence-electron chi connectivity index (χ3n) is 4.52. The average Bonchev–Trinajstić information content (AvgIpc) is 2.67. The Morgan fingerprint density at radius 2 is 1.38 bits per heavy atom. The van der Waals surface area contributed by atoms with E-state index in [2.05, 4.69) is 32.8 Å². The van der Waals surface area contributed by atoms with Crippen LogP contribution in [0, 0.1) is 0 Å². The first-order valence-corrected chi connectivity index (χ1v) is 10.8. The van der Waals surface area contributed by atoms with Gasteiger partial charge in [0.1, 0.15) is 0 Å². The van der Waals surface area contributed by atoms with Gasteiger partial charge in [-0.3, -0.25) is 0 Å². The fraction of sp³-hybridized carbons (Fsp3) is 0.545. The van der Waals surface area contributed by atoms with Gasteiger partial charge < -0.3 is 4.74 Å². The Bertz CT molecular complexity index is 599.